The molecule has 1 N–H and O–H groups in total. The highest BCUT2D eigenvalue weighted by molar-refractivity contribution is 7.92. The Morgan fingerprint density at radius 1 is 1.00 bits per heavy atom. The molecule has 42 heavy (non-hydrogen) atoms. The Morgan fingerprint density at radius 2 is 1.64 bits per heavy atom. The highest BCUT2D eigenvalue weighted by Gasteiger charge is 2.62. The van der Waals surface area contributed by atoms with Crippen LogP contribution < -0.4 is 5.32 Å². The zero-order valence-corrected chi connectivity index (χ0v) is 23.8. The molecule has 1 saturated carbocycles. The van der Waals surface area contributed by atoms with E-state index in [0.717, 1.165) is 36.4 Å². The standard InChI is InChI=1S/C30H31F5N2O4S/c1-27(32,30(33,34)35)19-3-9-23-18(16-19)2-8-24-22(26(39)37-14-12-28(13-15-37)17-25(38)36-28)10-11-29(23,24)42(40,41)21-6-4-20(31)5-7-21/h3-7,9,16,22,24H,2,8,10-15,17H2,1H3,(H,36,38)/t22-,24+,27?,29-/m1/s1. The molecule has 2 aliphatic carbocycles. The lowest BCUT2D eigenvalue weighted by Crippen LogP contribution is -2.65. The fraction of sp³-hybridized carbons (Fsp3) is 0.533. The number of nitrogens with zero attached hydrogens (tertiary/aromatic N) is 1. The maximum Gasteiger partial charge on any atom is 0.426 e. The lowest BCUT2D eigenvalue weighted by Gasteiger charge is -2.48. The van der Waals surface area contributed by atoms with Crippen LogP contribution in [-0.4, -0.2) is 49.9 Å². The summed E-state index contributed by atoms with van der Waals surface area (Å²) in [5, 5.41) is 2.94. The number of hydrogen-bond acceptors (Lipinski definition) is 4. The molecule has 226 valence electrons. The Morgan fingerprint density at radius 3 is 2.24 bits per heavy atom. The van der Waals surface area contributed by atoms with Gasteiger partial charge in [-0.25, -0.2) is 17.2 Å². The zero-order valence-electron chi connectivity index (χ0n) is 22.9. The number of likely N-dealkylation sites (tertiary alicyclic amines) is 1. The molecule has 0 radical (unpaired) electrons. The summed E-state index contributed by atoms with van der Waals surface area (Å²) >= 11 is 0. The third-order valence-corrected chi connectivity index (χ3v) is 12.7. The van der Waals surface area contributed by atoms with E-state index >= 15 is 0 Å². The molecule has 2 amide bonds. The predicted octanol–water partition coefficient (Wildman–Crippen LogP) is 5.10. The SMILES string of the molecule is CC(F)(c1ccc2c(c1)CC[C@H]1[C@H](C(=O)N3CCC4(CC3)CC(=O)N4)CC[C@@]21S(=O)(=O)c1ccc(F)cc1)C(F)(F)F. The summed E-state index contributed by atoms with van der Waals surface area (Å²) in [4.78, 5) is 27.0. The number of halogens is 5. The number of β-lactam (4-membered cyclic amide) rings is 1. The summed E-state index contributed by atoms with van der Waals surface area (Å²) in [5.41, 5.74) is -3.97. The highest BCUT2D eigenvalue weighted by Crippen LogP contribution is 2.60. The van der Waals surface area contributed by atoms with E-state index < -0.39 is 49.6 Å². The second-order valence-electron chi connectivity index (χ2n) is 12.3. The van der Waals surface area contributed by atoms with Crippen LogP contribution in [-0.2, 0) is 36.3 Å². The normalized spacial score (nSPS) is 28.3. The molecule has 2 aromatic carbocycles. The fourth-order valence-electron chi connectivity index (χ4n) is 7.70. The van der Waals surface area contributed by atoms with Crippen molar-refractivity contribution in [1.29, 1.82) is 0 Å². The number of hydrogen-bond donors (Lipinski definition) is 1. The van der Waals surface area contributed by atoms with Crippen LogP contribution >= 0.6 is 0 Å². The van der Waals surface area contributed by atoms with Gasteiger partial charge in [0.2, 0.25) is 17.5 Å². The largest absolute Gasteiger partial charge is 0.426 e. The third-order valence-electron chi connectivity index (χ3n) is 10.1. The molecule has 2 saturated heterocycles. The van der Waals surface area contributed by atoms with Crippen molar-refractivity contribution >= 4 is 21.7 Å². The minimum absolute atomic E-state index is 0.0197. The molecule has 12 heteroatoms. The molecule has 3 fully saturated rings. The number of rotatable bonds is 4. The molecule has 2 aliphatic heterocycles. The molecule has 1 unspecified atom stereocenters. The molecule has 4 atom stereocenters. The van der Waals surface area contributed by atoms with E-state index in [1.54, 1.807) is 4.90 Å². The van der Waals surface area contributed by atoms with E-state index in [0.29, 0.717) is 44.8 Å². The van der Waals surface area contributed by atoms with E-state index in [9.17, 15) is 40.0 Å². The second-order valence-corrected chi connectivity index (χ2v) is 14.5. The number of alkyl halides is 4. The van der Waals surface area contributed by atoms with Gasteiger partial charge in [0.15, 0.2) is 9.84 Å². The minimum atomic E-state index is -5.17. The van der Waals surface area contributed by atoms with Gasteiger partial charge >= 0.3 is 6.18 Å². The van der Waals surface area contributed by atoms with E-state index in [1.165, 1.54) is 6.07 Å². The van der Waals surface area contributed by atoms with Crippen molar-refractivity contribution in [1.82, 2.24) is 10.2 Å². The molecular weight excluding hydrogens is 579 g/mol. The molecule has 0 aromatic heterocycles. The molecule has 6 nitrogen and oxygen atoms in total. The van der Waals surface area contributed by atoms with E-state index in [4.69, 9.17) is 0 Å². The Hall–Kier alpha value is -3.02. The first-order valence-corrected chi connectivity index (χ1v) is 15.6. The Labute approximate surface area is 240 Å². The molecule has 2 heterocycles. The smallest absolute Gasteiger partial charge is 0.350 e. The van der Waals surface area contributed by atoms with Gasteiger partial charge < -0.3 is 10.2 Å². The van der Waals surface area contributed by atoms with Gasteiger partial charge in [-0.1, -0.05) is 18.2 Å². The van der Waals surface area contributed by atoms with Crippen molar-refractivity contribution < 1.29 is 40.0 Å². The summed E-state index contributed by atoms with van der Waals surface area (Å²) in [6, 6.07) is 7.75. The summed E-state index contributed by atoms with van der Waals surface area (Å²) in [7, 11) is -4.28. The molecule has 2 aromatic rings. The zero-order chi connectivity index (χ0) is 30.3. The number of carbonyl (C=O) groups is 2. The summed E-state index contributed by atoms with van der Waals surface area (Å²) in [6.07, 6.45) is -2.87. The van der Waals surface area contributed by atoms with Gasteiger partial charge in [-0.3, -0.25) is 9.59 Å². The van der Waals surface area contributed by atoms with E-state index in [-0.39, 0.29) is 53.5 Å². The van der Waals surface area contributed by atoms with Gasteiger partial charge in [0, 0.05) is 25.4 Å². The highest BCUT2D eigenvalue weighted by atomic mass is 32.2. The number of benzene rings is 2. The lowest BCUT2D eigenvalue weighted by molar-refractivity contribution is -0.228. The second kappa shape index (κ2) is 9.49. The summed E-state index contributed by atoms with van der Waals surface area (Å²) in [6.45, 7) is 1.28. The number of carbonyl (C=O) groups excluding carboxylic acids is 2. The van der Waals surface area contributed by atoms with Crippen LogP contribution in [0.25, 0.3) is 0 Å². The first-order chi connectivity index (χ1) is 19.6. The molecule has 4 aliphatic rings. The minimum Gasteiger partial charge on any atom is -0.350 e. The van der Waals surface area contributed by atoms with Crippen molar-refractivity contribution in [2.24, 2.45) is 11.8 Å². The first-order valence-electron chi connectivity index (χ1n) is 14.1. The molecule has 1 spiro atoms. The van der Waals surface area contributed by atoms with Crippen LogP contribution in [0.15, 0.2) is 47.4 Å². The third kappa shape index (κ3) is 4.18. The molecule has 0 bridgehead atoms. The topological polar surface area (TPSA) is 83.6 Å². The van der Waals surface area contributed by atoms with Crippen LogP contribution in [0.1, 0.15) is 62.1 Å². The lowest BCUT2D eigenvalue weighted by atomic mass is 9.72. The predicted molar refractivity (Wildman–Crippen MR) is 142 cm³/mol. The average Bonchev–Trinajstić information content (AvgIpc) is 3.33. The van der Waals surface area contributed by atoms with Crippen LogP contribution in [0, 0.1) is 17.7 Å². The Balaban J connectivity index is 1.40. The van der Waals surface area contributed by atoms with Gasteiger partial charge in [0.25, 0.3) is 0 Å². The number of nitrogens with one attached hydrogen (secondary N) is 1. The van der Waals surface area contributed by atoms with Gasteiger partial charge in [-0.2, -0.15) is 13.2 Å². The number of aryl methyl sites for hydroxylation is 1. The van der Waals surface area contributed by atoms with Crippen molar-refractivity contribution in [3.63, 3.8) is 0 Å². The maximum atomic E-state index is 14.9. The fourth-order valence-corrected chi connectivity index (χ4v) is 10.2. The van der Waals surface area contributed by atoms with Crippen LogP contribution in [0.5, 0.6) is 0 Å². The monoisotopic (exact) mass is 610 g/mol. The van der Waals surface area contributed by atoms with Crippen molar-refractivity contribution in [3.05, 3.63) is 65.0 Å². The summed E-state index contributed by atoms with van der Waals surface area (Å²) < 4.78 is 96.6. The van der Waals surface area contributed by atoms with Gasteiger partial charge in [-0.05, 0) is 92.3 Å². The van der Waals surface area contributed by atoms with Crippen molar-refractivity contribution in [2.75, 3.05) is 13.1 Å². The average molecular weight is 611 g/mol. The first kappa shape index (κ1) is 29.1. The maximum absolute atomic E-state index is 14.9. The number of sulfone groups is 1. The molecular formula is C30H31F5N2O4S. The van der Waals surface area contributed by atoms with Gasteiger partial charge in [0.1, 0.15) is 10.6 Å². The Bertz CT molecular complexity index is 1540. The van der Waals surface area contributed by atoms with Crippen molar-refractivity contribution in [2.45, 2.75) is 78.9 Å². The Kier molecular flexibility index (Phi) is 6.57. The van der Waals surface area contributed by atoms with Crippen molar-refractivity contribution in [3.8, 4) is 0 Å². The van der Waals surface area contributed by atoms with Crippen LogP contribution in [0.3, 0.4) is 0 Å². The van der Waals surface area contributed by atoms with E-state index in [2.05, 4.69) is 5.32 Å². The molecule has 6 rings (SSSR count). The van der Waals surface area contributed by atoms with E-state index in [1.807, 2.05) is 0 Å². The van der Waals surface area contributed by atoms with Crippen LogP contribution in [0.2, 0.25) is 0 Å². The number of amides is 2. The summed E-state index contributed by atoms with van der Waals surface area (Å²) in [5.74, 6) is -2.16. The van der Waals surface area contributed by atoms with Crippen LogP contribution in [0.4, 0.5) is 22.0 Å². The quantitative estimate of drug-likeness (QED) is 0.297. The van der Waals surface area contributed by atoms with Gasteiger partial charge in [0.05, 0.1) is 10.4 Å². The number of fused-ring (bicyclic) bond motifs is 3. The van der Waals surface area contributed by atoms with Gasteiger partial charge in [-0.15, -0.1) is 0 Å². The number of piperidine rings is 1.